The Morgan fingerprint density at radius 1 is 1.06 bits per heavy atom. The van der Waals surface area contributed by atoms with E-state index in [1.165, 1.54) is 63.6 Å². The molecule has 1 aliphatic heterocycles. The average Bonchev–Trinajstić information content (AvgIpc) is 3.44. The van der Waals surface area contributed by atoms with Crippen LogP contribution in [0.5, 0.6) is 0 Å². The molecule has 1 aromatic carbocycles. The maximum atomic E-state index is 4.91. The van der Waals surface area contributed by atoms with E-state index in [1.807, 2.05) is 18.5 Å². The van der Waals surface area contributed by atoms with Gasteiger partial charge in [0.1, 0.15) is 12.4 Å². The van der Waals surface area contributed by atoms with Gasteiger partial charge in [0.2, 0.25) is 0 Å². The third kappa shape index (κ3) is 6.66. The molecule has 0 amide bonds. The summed E-state index contributed by atoms with van der Waals surface area (Å²) in [5.41, 5.74) is 1.37. The lowest BCUT2D eigenvalue weighted by Gasteiger charge is -2.30. The Morgan fingerprint density at radius 3 is 2.44 bits per heavy atom. The average molecular weight is 552 g/mol. The van der Waals surface area contributed by atoms with Crippen molar-refractivity contribution in [2.75, 3.05) is 19.6 Å². The number of aromatic nitrogens is 3. The van der Waals surface area contributed by atoms with Crippen molar-refractivity contribution >= 4 is 29.9 Å². The molecule has 32 heavy (non-hydrogen) atoms. The summed E-state index contributed by atoms with van der Waals surface area (Å²) in [7, 11) is 2.00. The van der Waals surface area contributed by atoms with Crippen LogP contribution in [-0.2, 0) is 13.6 Å². The van der Waals surface area contributed by atoms with E-state index in [2.05, 4.69) is 56.1 Å². The van der Waals surface area contributed by atoms with E-state index in [-0.39, 0.29) is 24.0 Å². The number of aryl methyl sites for hydroxylation is 1. The van der Waals surface area contributed by atoms with E-state index >= 15 is 0 Å². The molecule has 2 aliphatic rings. The molecule has 0 radical (unpaired) electrons. The van der Waals surface area contributed by atoms with Gasteiger partial charge in [0, 0.05) is 19.6 Å². The summed E-state index contributed by atoms with van der Waals surface area (Å²) in [6.07, 6.45) is 8.96. The van der Waals surface area contributed by atoms with E-state index in [9.17, 15) is 0 Å². The number of aliphatic imine (C=N–C) groups is 1. The van der Waals surface area contributed by atoms with E-state index in [0.29, 0.717) is 18.6 Å². The second-order valence-corrected chi connectivity index (χ2v) is 8.92. The Kier molecular flexibility index (Phi) is 9.77. The number of hydrogen-bond donors (Lipinski definition) is 2. The van der Waals surface area contributed by atoms with Gasteiger partial charge < -0.3 is 15.2 Å². The van der Waals surface area contributed by atoms with Crippen molar-refractivity contribution in [2.24, 2.45) is 12.0 Å². The number of halogens is 1. The lowest BCUT2D eigenvalue weighted by Crippen LogP contribution is -2.47. The molecule has 1 atom stereocenters. The molecule has 2 N–H and O–H groups in total. The summed E-state index contributed by atoms with van der Waals surface area (Å²) in [4.78, 5) is 7.51. The fourth-order valence-electron chi connectivity index (χ4n) is 4.71. The predicted molar refractivity (Wildman–Crippen MR) is 140 cm³/mol. The van der Waals surface area contributed by atoms with Crippen molar-refractivity contribution in [1.29, 1.82) is 0 Å². The Morgan fingerprint density at radius 2 is 1.78 bits per heavy atom. The highest BCUT2D eigenvalue weighted by Gasteiger charge is 2.24. The van der Waals surface area contributed by atoms with Crippen molar-refractivity contribution < 1.29 is 0 Å². The van der Waals surface area contributed by atoms with Crippen LogP contribution in [-0.4, -0.2) is 51.3 Å². The highest BCUT2D eigenvalue weighted by atomic mass is 127. The first kappa shape index (κ1) is 25.0. The molecule has 1 saturated heterocycles. The van der Waals surface area contributed by atoms with Gasteiger partial charge in [0.15, 0.2) is 11.8 Å². The van der Waals surface area contributed by atoms with Gasteiger partial charge in [0.25, 0.3) is 0 Å². The van der Waals surface area contributed by atoms with E-state index in [1.54, 1.807) is 0 Å². The zero-order valence-electron chi connectivity index (χ0n) is 19.5. The Labute approximate surface area is 209 Å². The molecule has 2 heterocycles. The van der Waals surface area contributed by atoms with Gasteiger partial charge in [-0.1, -0.05) is 49.6 Å². The quantitative estimate of drug-likeness (QED) is 0.310. The van der Waals surface area contributed by atoms with Gasteiger partial charge in [-0.05, 0) is 51.3 Å². The smallest absolute Gasteiger partial charge is 0.191 e. The van der Waals surface area contributed by atoms with Crippen LogP contribution in [0.25, 0.3) is 0 Å². The van der Waals surface area contributed by atoms with Crippen LogP contribution in [0.3, 0.4) is 0 Å². The molecule has 1 unspecified atom stereocenters. The van der Waals surface area contributed by atoms with Crippen LogP contribution >= 0.6 is 24.0 Å². The molecular formula is C24H38IN7. The van der Waals surface area contributed by atoms with Crippen molar-refractivity contribution in [1.82, 2.24) is 30.3 Å². The number of likely N-dealkylation sites (tertiary alicyclic amines) is 1. The molecule has 2 fully saturated rings. The van der Waals surface area contributed by atoms with Crippen molar-refractivity contribution in [3.8, 4) is 0 Å². The third-order valence-electron chi connectivity index (χ3n) is 6.74. The highest BCUT2D eigenvalue weighted by Crippen LogP contribution is 2.24. The predicted octanol–water partition coefficient (Wildman–Crippen LogP) is 3.95. The van der Waals surface area contributed by atoms with E-state index in [0.717, 1.165) is 24.2 Å². The topological polar surface area (TPSA) is 70.4 Å². The first-order valence-electron chi connectivity index (χ1n) is 11.9. The molecule has 1 aromatic heterocycles. The van der Waals surface area contributed by atoms with Crippen LogP contribution in [0.1, 0.15) is 68.2 Å². The standard InChI is InChI=1S/C24H37N7.HI/c1-19-28-29-23(30(19)2)18-26-24(27-21-13-7-4-8-14-21)25-17-22(31-15-9-10-16-31)20-11-5-3-6-12-20;/h3,5-6,11-12,21-22H,4,7-10,13-18H2,1-2H3,(H2,25,26,27);1H. The lowest BCUT2D eigenvalue weighted by atomic mass is 9.96. The van der Waals surface area contributed by atoms with Crippen molar-refractivity contribution in [3.05, 3.63) is 47.5 Å². The molecule has 8 heteroatoms. The molecule has 1 saturated carbocycles. The number of guanidine groups is 1. The minimum atomic E-state index is 0. The summed E-state index contributed by atoms with van der Waals surface area (Å²) in [6, 6.07) is 11.7. The minimum absolute atomic E-state index is 0. The molecule has 2 aromatic rings. The number of nitrogens with one attached hydrogen (secondary N) is 2. The van der Waals surface area contributed by atoms with Gasteiger partial charge in [-0.3, -0.25) is 4.90 Å². The maximum Gasteiger partial charge on any atom is 0.191 e. The van der Waals surface area contributed by atoms with Crippen molar-refractivity contribution in [3.63, 3.8) is 0 Å². The molecule has 0 bridgehead atoms. The first-order chi connectivity index (χ1) is 15.2. The SMILES string of the molecule is Cc1nnc(CN=C(NCC(c2ccccc2)N2CCCC2)NC2CCCCC2)n1C.I. The van der Waals surface area contributed by atoms with Crippen LogP contribution in [0, 0.1) is 6.92 Å². The number of rotatable bonds is 7. The number of nitrogens with zero attached hydrogens (tertiary/aromatic N) is 5. The largest absolute Gasteiger partial charge is 0.354 e. The Bertz CT molecular complexity index is 839. The van der Waals surface area contributed by atoms with Gasteiger partial charge >= 0.3 is 0 Å². The fraction of sp³-hybridized carbons (Fsp3) is 0.625. The Hall–Kier alpha value is -1.68. The minimum Gasteiger partial charge on any atom is -0.354 e. The van der Waals surface area contributed by atoms with Gasteiger partial charge in [0.05, 0.1) is 6.04 Å². The lowest BCUT2D eigenvalue weighted by molar-refractivity contribution is 0.245. The first-order valence-corrected chi connectivity index (χ1v) is 11.9. The third-order valence-corrected chi connectivity index (χ3v) is 6.74. The summed E-state index contributed by atoms with van der Waals surface area (Å²) < 4.78 is 2.01. The molecule has 0 spiro atoms. The summed E-state index contributed by atoms with van der Waals surface area (Å²) >= 11 is 0. The molecule has 1 aliphatic carbocycles. The zero-order valence-corrected chi connectivity index (χ0v) is 21.8. The van der Waals surface area contributed by atoms with E-state index < -0.39 is 0 Å². The molecule has 7 nitrogen and oxygen atoms in total. The van der Waals surface area contributed by atoms with Crippen LogP contribution in [0.15, 0.2) is 35.3 Å². The number of benzene rings is 1. The number of hydrogen-bond acceptors (Lipinski definition) is 4. The normalized spacial score (nSPS) is 18.9. The van der Waals surface area contributed by atoms with Crippen LogP contribution in [0.4, 0.5) is 0 Å². The molecule has 4 rings (SSSR count). The van der Waals surface area contributed by atoms with Crippen molar-refractivity contribution in [2.45, 2.75) is 70.5 Å². The highest BCUT2D eigenvalue weighted by molar-refractivity contribution is 14.0. The summed E-state index contributed by atoms with van der Waals surface area (Å²) in [5.74, 6) is 2.70. The zero-order chi connectivity index (χ0) is 21.5. The second kappa shape index (κ2) is 12.5. The van der Waals surface area contributed by atoms with E-state index in [4.69, 9.17) is 4.99 Å². The van der Waals surface area contributed by atoms with Gasteiger partial charge in [-0.2, -0.15) is 0 Å². The Balaban J connectivity index is 0.00000289. The van der Waals surface area contributed by atoms with Gasteiger partial charge in [-0.25, -0.2) is 4.99 Å². The summed E-state index contributed by atoms with van der Waals surface area (Å²) in [6.45, 7) is 5.68. The second-order valence-electron chi connectivity index (χ2n) is 8.92. The molecule has 176 valence electrons. The fourth-order valence-corrected chi connectivity index (χ4v) is 4.71. The van der Waals surface area contributed by atoms with Crippen LogP contribution in [0.2, 0.25) is 0 Å². The van der Waals surface area contributed by atoms with Crippen LogP contribution < -0.4 is 10.6 Å². The monoisotopic (exact) mass is 551 g/mol. The van der Waals surface area contributed by atoms with Gasteiger partial charge in [-0.15, -0.1) is 34.2 Å². The summed E-state index contributed by atoms with van der Waals surface area (Å²) in [5, 5.41) is 15.8. The molecular weight excluding hydrogens is 513 g/mol. The maximum absolute atomic E-state index is 4.91.